The number of aryl methyl sites for hydroxylation is 1. The highest BCUT2D eigenvalue weighted by molar-refractivity contribution is 6.06. The van der Waals surface area contributed by atoms with Gasteiger partial charge in [-0.15, -0.1) is 0 Å². The van der Waals surface area contributed by atoms with Crippen molar-refractivity contribution in [1.82, 2.24) is 9.97 Å². The molecule has 0 radical (unpaired) electrons. The summed E-state index contributed by atoms with van der Waals surface area (Å²) in [5, 5.41) is 36.3. The van der Waals surface area contributed by atoms with E-state index in [1.165, 1.54) is 0 Å². The van der Waals surface area contributed by atoms with Crippen molar-refractivity contribution in [2.45, 2.75) is 20.3 Å². The van der Waals surface area contributed by atoms with Crippen molar-refractivity contribution < 1.29 is 0 Å². The van der Waals surface area contributed by atoms with Crippen molar-refractivity contribution in [2.75, 3.05) is 0 Å². The van der Waals surface area contributed by atoms with E-state index < -0.39 is 0 Å². The number of aliphatic imine (C=N–C) groups is 2. The van der Waals surface area contributed by atoms with E-state index in [0.717, 1.165) is 0 Å². The number of aromatic nitrogens is 2. The second-order valence-corrected chi connectivity index (χ2v) is 4.95. The topological polar surface area (TPSA) is 146 Å². The molecular formula is C17H10N8. The minimum Gasteiger partial charge on any atom is -0.262 e. The van der Waals surface area contributed by atoms with Gasteiger partial charge in [-0.05, 0) is 31.7 Å². The van der Waals surface area contributed by atoms with Gasteiger partial charge in [0.25, 0.3) is 0 Å². The molecule has 0 fully saturated rings. The third-order valence-electron chi connectivity index (χ3n) is 3.61. The molecule has 0 saturated carbocycles. The fourth-order valence-electron chi connectivity index (χ4n) is 2.28. The van der Waals surface area contributed by atoms with Crippen LogP contribution in [-0.2, 0) is 0 Å². The average molecular weight is 326 g/mol. The van der Waals surface area contributed by atoms with Crippen LogP contribution in [0.5, 0.6) is 0 Å². The molecule has 118 valence electrons. The largest absolute Gasteiger partial charge is 0.262 e. The van der Waals surface area contributed by atoms with E-state index in [4.69, 9.17) is 15.8 Å². The summed E-state index contributed by atoms with van der Waals surface area (Å²) in [5.74, 6) is 0. The Balaban J connectivity index is 3.07. The van der Waals surface area contributed by atoms with Crippen molar-refractivity contribution in [2.24, 2.45) is 9.98 Å². The lowest BCUT2D eigenvalue weighted by Crippen LogP contribution is -2.00. The summed E-state index contributed by atoms with van der Waals surface area (Å²) >= 11 is 0. The SMILES string of the molecule is C=Nc1c(C)c(C)c2nc(C#N)c(C#N)nc2c1/N=C(/C#N)CC#N. The molecule has 0 unspecified atom stereocenters. The zero-order chi connectivity index (χ0) is 18.6. The Labute approximate surface area is 143 Å². The lowest BCUT2D eigenvalue weighted by molar-refractivity contribution is 1.17. The third kappa shape index (κ3) is 2.88. The first-order valence-electron chi connectivity index (χ1n) is 6.98. The van der Waals surface area contributed by atoms with Crippen molar-refractivity contribution in [3.63, 3.8) is 0 Å². The Morgan fingerprint density at radius 3 is 2.04 bits per heavy atom. The molecule has 8 heteroatoms. The van der Waals surface area contributed by atoms with E-state index in [1.54, 1.807) is 13.8 Å². The Bertz CT molecular complexity index is 1100. The number of fused-ring (bicyclic) bond motifs is 1. The Morgan fingerprint density at radius 1 is 0.960 bits per heavy atom. The molecule has 0 amide bonds. The Hall–Kier alpha value is -4.14. The van der Waals surface area contributed by atoms with E-state index in [1.807, 2.05) is 24.3 Å². The molecule has 1 heterocycles. The van der Waals surface area contributed by atoms with Crippen molar-refractivity contribution in [3.8, 4) is 24.3 Å². The van der Waals surface area contributed by atoms with Crippen LogP contribution in [0.1, 0.15) is 28.9 Å². The summed E-state index contributed by atoms with van der Waals surface area (Å²) in [7, 11) is 0. The maximum atomic E-state index is 9.19. The fraction of sp³-hybridized carbons (Fsp3) is 0.176. The predicted molar refractivity (Wildman–Crippen MR) is 90.6 cm³/mol. The van der Waals surface area contributed by atoms with Gasteiger partial charge in [0.2, 0.25) is 0 Å². The second kappa shape index (κ2) is 6.96. The van der Waals surface area contributed by atoms with Crippen LogP contribution in [-0.4, -0.2) is 22.4 Å². The minimum atomic E-state index is -0.184. The normalized spacial score (nSPS) is 10.4. The van der Waals surface area contributed by atoms with E-state index in [9.17, 15) is 5.26 Å². The van der Waals surface area contributed by atoms with Crippen LogP contribution in [0.2, 0.25) is 0 Å². The standard InChI is InChI=1S/C17H10N8/c1-9-10(2)15-17(25-13(8-21)12(7-20)24-15)16(14(9)22-3)23-11(6-19)4-5-18/h3-4H2,1-2H3/b23-11+. The first kappa shape index (κ1) is 17.2. The summed E-state index contributed by atoms with van der Waals surface area (Å²) in [4.78, 5) is 16.6. The molecule has 2 aromatic rings. The van der Waals surface area contributed by atoms with Crippen LogP contribution in [0.4, 0.5) is 11.4 Å². The van der Waals surface area contributed by atoms with E-state index in [0.29, 0.717) is 22.3 Å². The molecule has 2 rings (SSSR count). The molecule has 0 saturated heterocycles. The predicted octanol–water partition coefficient (Wildman–Crippen LogP) is 2.83. The van der Waals surface area contributed by atoms with Crippen molar-refractivity contribution in [3.05, 3.63) is 22.5 Å². The molecule has 0 atom stereocenters. The van der Waals surface area contributed by atoms with E-state index in [2.05, 4.69) is 26.7 Å². The lowest BCUT2D eigenvalue weighted by Gasteiger charge is -2.12. The molecule has 25 heavy (non-hydrogen) atoms. The second-order valence-electron chi connectivity index (χ2n) is 4.95. The first-order chi connectivity index (χ1) is 12.0. The molecule has 0 aliphatic heterocycles. The van der Waals surface area contributed by atoms with Crippen molar-refractivity contribution in [1.29, 1.82) is 21.0 Å². The lowest BCUT2D eigenvalue weighted by atomic mass is 10.0. The van der Waals surface area contributed by atoms with Crippen LogP contribution in [0, 0.1) is 59.2 Å². The molecule has 0 spiro atoms. The summed E-state index contributed by atoms with van der Waals surface area (Å²) in [6.07, 6.45) is -0.184. The summed E-state index contributed by atoms with van der Waals surface area (Å²) in [6, 6.07) is 7.38. The monoisotopic (exact) mass is 326 g/mol. The highest BCUT2D eigenvalue weighted by Crippen LogP contribution is 2.40. The van der Waals surface area contributed by atoms with Crippen molar-refractivity contribution >= 4 is 34.8 Å². The first-order valence-corrected chi connectivity index (χ1v) is 6.98. The van der Waals surface area contributed by atoms with Gasteiger partial charge in [0.15, 0.2) is 11.4 Å². The number of benzene rings is 1. The van der Waals surface area contributed by atoms with Crippen LogP contribution < -0.4 is 0 Å². The summed E-state index contributed by atoms with van der Waals surface area (Å²) in [5.41, 5.74) is 2.35. The van der Waals surface area contributed by atoms with E-state index in [-0.39, 0.29) is 34.7 Å². The van der Waals surface area contributed by atoms with Gasteiger partial charge in [0.1, 0.15) is 35.1 Å². The molecule has 0 aliphatic carbocycles. The van der Waals surface area contributed by atoms with Crippen LogP contribution in [0.25, 0.3) is 11.0 Å². The number of nitriles is 4. The van der Waals surface area contributed by atoms with Gasteiger partial charge in [-0.1, -0.05) is 0 Å². The third-order valence-corrected chi connectivity index (χ3v) is 3.61. The Kier molecular flexibility index (Phi) is 4.79. The minimum absolute atomic E-state index is 0.0263. The zero-order valence-electron chi connectivity index (χ0n) is 13.5. The highest BCUT2D eigenvalue weighted by Gasteiger charge is 2.19. The van der Waals surface area contributed by atoms with Gasteiger partial charge >= 0.3 is 0 Å². The van der Waals surface area contributed by atoms with Gasteiger partial charge in [-0.3, -0.25) is 4.99 Å². The van der Waals surface area contributed by atoms with E-state index >= 15 is 0 Å². The highest BCUT2D eigenvalue weighted by atomic mass is 14.9. The zero-order valence-corrected chi connectivity index (χ0v) is 13.5. The van der Waals surface area contributed by atoms with Crippen LogP contribution >= 0.6 is 0 Å². The summed E-state index contributed by atoms with van der Waals surface area (Å²) in [6.45, 7) is 7.08. The molecule has 0 bridgehead atoms. The van der Waals surface area contributed by atoms with Gasteiger partial charge in [0, 0.05) is 0 Å². The van der Waals surface area contributed by atoms with Crippen LogP contribution in [0.3, 0.4) is 0 Å². The van der Waals surface area contributed by atoms with Gasteiger partial charge in [0.05, 0.1) is 23.7 Å². The number of hydrogen-bond donors (Lipinski definition) is 0. The van der Waals surface area contributed by atoms with Gasteiger partial charge in [-0.2, -0.15) is 21.0 Å². The molecule has 1 aromatic heterocycles. The molecular weight excluding hydrogens is 316 g/mol. The average Bonchev–Trinajstić information content (AvgIpc) is 2.64. The van der Waals surface area contributed by atoms with Gasteiger partial charge < -0.3 is 0 Å². The maximum absolute atomic E-state index is 9.19. The number of hydrogen-bond acceptors (Lipinski definition) is 8. The Morgan fingerprint density at radius 2 is 1.56 bits per heavy atom. The molecule has 0 N–H and O–H groups in total. The van der Waals surface area contributed by atoms with Gasteiger partial charge in [-0.25, -0.2) is 15.0 Å². The quantitative estimate of drug-likeness (QED) is 0.792. The number of rotatable bonds is 3. The van der Waals surface area contributed by atoms with Crippen LogP contribution in [0.15, 0.2) is 9.98 Å². The molecule has 0 aliphatic rings. The maximum Gasteiger partial charge on any atom is 0.177 e. The summed E-state index contributed by atoms with van der Waals surface area (Å²) < 4.78 is 0. The number of nitrogens with zero attached hydrogens (tertiary/aromatic N) is 8. The smallest absolute Gasteiger partial charge is 0.177 e. The fourth-order valence-corrected chi connectivity index (χ4v) is 2.28. The molecule has 1 aromatic carbocycles. The molecule has 8 nitrogen and oxygen atoms in total.